The van der Waals surface area contributed by atoms with Crippen LogP contribution in [-0.4, -0.2) is 10.2 Å². The minimum absolute atomic E-state index is 0.719. The van der Waals surface area contributed by atoms with Crippen LogP contribution in [0.25, 0.3) is 11.5 Å². The zero-order valence-electron chi connectivity index (χ0n) is 10.6. The Morgan fingerprint density at radius 1 is 1.26 bits per heavy atom. The molecule has 3 aromatic rings. The molecule has 0 amide bonds. The number of rotatable bonds is 5. The van der Waals surface area contributed by atoms with Crippen molar-refractivity contribution >= 4 is 0 Å². The maximum Gasteiger partial charge on any atom is 0.152 e. The molecule has 0 saturated heterocycles. The van der Waals surface area contributed by atoms with Gasteiger partial charge >= 0.3 is 0 Å². The van der Waals surface area contributed by atoms with Crippen LogP contribution >= 0.6 is 0 Å². The molecule has 0 atom stereocenters. The number of hydrogen-bond acceptors (Lipinski definition) is 4. The molecule has 3 aromatic heterocycles. The van der Waals surface area contributed by atoms with Crippen molar-refractivity contribution in [2.75, 3.05) is 0 Å². The third-order valence-corrected chi connectivity index (χ3v) is 2.93. The number of aromatic amines is 1. The molecule has 0 unspecified atom stereocenters. The first-order chi connectivity index (χ1) is 9.33. The Bertz CT molecular complexity index is 637. The molecule has 3 heterocycles. The molecule has 3 rings (SSSR count). The van der Waals surface area contributed by atoms with E-state index in [2.05, 4.69) is 15.5 Å². The second-order valence-corrected chi connectivity index (χ2v) is 4.42. The fourth-order valence-corrected chi connectivity index (χ4v) is 1.96. The third kappa shape index (κ3) is 2.61. The summed E-state index contributed by atoms with van der Waals surface area (Å²) in [5.41, 5.74) is 3.13. The molecule has 0 aliphatic rings. The molecule has 0 spiro atoms. The summed E-state index contributed by atoms with van der Waals surface area (Å²) in [4.78, 5) is 0. The van der Waals surface area contributed by atoms with E-state index in [1.165, 1.54) is 0 Å². The molecule has 0 bridgehead atoms. The molecule has 0 radical (unpaired) electrons. The summed E-state index contributed by atoms with van der Waals surface area (Å²) in [6, 6.07) is 5.83. The average molecular weight is 257 g/mol. The molecule has 2 N–H and O–H groups in total. The minimum Gasteiger partial charge on any atom is -0.472 e. The third-order valence-electron chi connectivity index (χ3n) is 2.93. The molecule has 0 aliphatic carbocycles. The summed E-state index contributed by atoms with van der Waals surface area (Å²) in [6.45, 7) is 3.41. The molecule has 19 heavy (non-hydrogen) atoms. The number of nitrogens with one attached hydrogen (secondary N) is 2. The summed E-state index contributed by atoms with van der Waals surface area (Å²) in [7, 11) is 0. The SMILES string of the molecule is Cc1ccc(-c2[nH]ncc2CNCc2ccoc2)o1. The molecule has 5 heteroatoms. The zero-order valence-corrected chi connectivity index (χ0v) is 10.6. The van der Waals surface area contributed by atoms with Crippen LogP contribution in [0.2, 0.25) is 0 Å². The Kier molecular flexibility index (Phi) is 3.20. The van der Waals surface area contributed by atoms with Crippen molar-refractivity contribution in [3.05, 3.63) is 53.8 Å². The molecule has 5 nitrogen and oxygen atoms in total. The van der Waals surface area contributed by atoms with Gasteiger partial charge in [-0.15, -0.1) is 0 Å². The van der Waals surface area contributed by atoms with Gasteiger partial charge in [-0.3, -0.25) is 5.10 Å². The van der Waals surface area contributed by atoms with Gasteiger partial charge in [0.25, 0.3) is 0 Å². The second-order valence-electron chi connectivity index (χ2n) is 4.42. The van der Waals surface area contributed by atoms with E-state index in [4.69, 9.17) is 8.83 Å². The largest absolute Gasteiger partial charge is 0.472 e. The fourth-order valence-electron chi connectivity index (χ4n) is 1.96. The number of furan rings is 2. The summed E-state index contributed by atoms with van der Waals surface area (Å²) >= 11 is 0. The van der Waals surface area contributed by atoms with Crippen molar-refractivity contribution in [2.24, 2.45) is 0 Å². The van der Waals surface area contributed by atoms with Gasteiger partial charge in [0.1, 0.15) is 11.5 Å². The zero-order chi connectivity index (χ0) is 13.1. The molecule has 0 aromatic carbocycles. The first-order valence-corrected chi connectivity index (χ1v) is 6.14. The Balaban J connectivity index is 1.67. The van der Waals surface area contributed by atoms with Crippen LogP contribution in [0.3, 0.4) is 0 Å². The Labute approximate surface area is 110 Å². The van der Waals surface area contributed by atoms with Crippen LogP contribution in [-0.2, 0) is 13.1 Å². The van der Waals surface area contributed by atoms with Crippen LogP contribution in [0, 0.1) is 6.92 Å². The number of aryl methyl sites for hydroxylation is 1. The van der Waals surface area contributed by atoms with Crippen molar-refractivity contribution in [2.45, 2.75) is 20.0 Å². The van der Waals surface area contributed by atoms with Crippen molar-refractivity contribution in [3.8, 4) is 11.5 Å². The van der Waals surface area contributed by atoms with E-state index in [1.807, 2.05) is 31.3 Å². The van der Waals surface area contributed by atoms with E-state index in [0.29, 0.717) is 0 Å². The molecule has 0 saturated carbocycles. The van der Waals surface area contributed by atoms with E-state index in [-0.39, 0.29) is 0 Å². The minimum atomic E-state index is 0.719. The van der Waals surface area contributed by atoms with Gasteiger partial charge in [-0.05, 0) is 25.1 Å². The fraction of sp³-hybridized carbons (Fsp3) is 0.214. The summed E-state index contributed by atoms with van der Waals surface area (Å²) in [6.07, 6.45) is 5.22. The number of nitrogens with zero attached hydrogens (tertiary/aromatic N) is 1. The number of H-pyrrole nitrogens is 1. The molecular formula is C14H15N3O2. The monoisotopic (exact) mass is 257 g/mol. The van der Waals surface area contributed by atoms with Gasteiger partial charge in [0.2, 0.25) is 0 Å². The Morgan fingerprint density at radius 2 is 2.21 bits per heavy atom. The average Bonchev–Trinajstić information content (AvgIpc) is 3.10. The van der Waals surface area contributed by atoms with E-state index < -0.39 is 0 Å². The lowest BCUT2D eigenvalue weighted by molar-refractivity contribution is 0.544. The van der Waals surface area contributed by atoms with Gasteiger partial charge in [0.15, 0.2) is 5.76 Å². The lowest BCUT2D eigenvalue weighted by atomic mass is 10.2. The van der Waals surface area contributed by atoms with Gasteiger partial charge in [-0.25, -0.2) is 0 Å². The number of hydrogen-bond donors (Lipinski definition) is 2. The van der Waals surface area contributed by atoms with Gasteiger partial charge in [0, 0.05) is 24.2 Å². The van der Waals surface area contributed by atoms with Crippen molar-refractivity contribution in [1.29, 1.82) is 0 Å². The van der Waals surface area contributed by atoms with E-state index in [0.717, 1.165) is 41.4 Å². The maximum atomic E-state index is 5.61. The second kappa shape index (κ2) is 5.16. The predicted molar refractivity (Wildman–Crippen MR) is 70.3 cm³/mol. The Hall–Kier alpha value is -2.27. The highest BCUT2D eigenvalue weighted by molar-refractivity contribution is 5.56. The lowest BCUT2D eigenvalue weighted by Crippen LogP contribution is -2.12. The summed E-state index contributed by atoms with van der Waals surface area (Å²) < 4.78 is 10.6. The highest BCUT2D eigenvalue weighted by Crippen LogP contribution is 2.23. The van der Waals surface area contributed by atoms with Gasteiger partial charge in [-0.2, -0.15) is 5.10 Å². The van der Waals surface area contributed by atoms with E-state index in [9.17, 15) is 0 Å². The van der Waals surface area contributed by atoms with Crippen molar-refractivity contribution < 1.29 is 8.83 Å². The predicted octanol–water partition coefficient (Wildman–Crippen LogP) is 2.86. The molecular weight excluding hydrogens is 242 g/mol. The standard InChI is InChI=1S/C14H15N3O2/c1-10-2-3-13(19-10)14-12(8-16-17-14)7-15-6-11-4-5-18-9-11/h2-5,8-9,15H,6-7H2,1H3,(H,16,17). The highest BCUT2D eigenvalue weighted by Gasteiger charge is 2.10. The first kappa shape index (κ1) is 11.8. The normalized spacial score (nSPS) is 11.0. The van der Waals surface area contributed by atoms with Crippen LogP contribution in [0.4, 0.5) is 0 Å². The van der Waals surface area contributed by atoms with Crippen LogP contribution < -0.4 is 5.32 Å². The summed E-state index contributed by atoms with van der Waals surface area (Å²) in [5.74, 6) is 1.71. The molecule has 0 aliphatic heterocycles. The van der Waals surface area contributed by atoms with Crippen LogP contribution in [0.5, 0.6) is 0 Å². The molecule has 98 valence electrons. The topological polar surface area (TPSA) is 67.0 Å². The van der Waals surface area contributed by atoms with Gasteiger partial charge in [0.05, 0.1) is 18.7 Å². The van der Waals surface area contributed by atoms with Crippen LogP contribution in [0.1, 0.15) is 16.9 Å². The Morgan fingerprint density at radius 3 is 2.95 bits per heavy atom. The van der Waals surface area contributed by atoms with E-state index >= 15 is 0 Å². The van der Waals surface area contributed by atoms with Crippen molar-refractivity contribution in [1.82, 2.24) is 15.5 Å². The lowest BCUT2D eigenvalue weighted by Gasteiger charge is -2.02. The summed E-state index contributed by atoms with van der Waals surface area (Å²) in [5, 5.41) is 10.4. The van der Waals surface area contributed by atoms with Crippen molar-refractivity contribution in [3.63, 3.8) is 0 Å². The highest BCUT2D eigenvalue weighted by atomic mass is 16.3. The molecule has 0 fully saturated rings. The van der Waals surface area contributed by atoms with Gasteiger partial charge < -0.3 is 14.2 Å². The van der Waals surface area contributed by atoms with E-state index in [1.54, 1.807) is 12.5 Å². The van der Waals surface area contributed by atoms with Crippen LogP contribution in [0.15, 0.2) is 45.8 Å². The first-order valence-electron chi connectivity index (χ1n) is 6.14. The maximum absolute atomic E-state index is 5.61. The van der Waals surface area contributed by atoms with Gasteiger partial charge in [-0.1, -0.05) is 0 Å². The number of aromatic nitrogens is 2. The smallest absolute Gasteiger partial charge is 0.152 e. The quantitative estimate of drug-likeness (QED) is 0.737.